The van der Waals surface area contributed by atoms with Crippen molar-refractivity contribution in [2.45, 2.75) is 25.8 Å². The Morgan fingerprint density at radius 1 is 1.41 bits per heavy atom. The predicted octanol–water partition coefficient (Wildman–Crippen LogP) is 3.24. The number of imidazole rings is 1. The fourth-order valence-corrected chi connectivity index (χ4v) is 2.45. The van der Waals surface area contributed by atoms with Crippen LogP contribution in [0.2, 0.25) is 0 Å². The number of carbonyl (C=O) groups excluding carboxylic acids is 1. The van der Waals surface area contributed by atoms with E-state index in [2.05, 4.69) is 4.98 Å². The Hall–Kier alpha value is -2.01. The SMILES string of the molecule is C[C@H](c1ccccc1)n1cnc(F)c1C(=O)COCC1CC1. The summed E-state index contributed by atoms with van der Waals surface area (Å²) in [4.78, 5) is 15.9. The number of aromatic nitrogens is 2. The number of carbonyl (C=O) groups is 1. The Labute approximate surface area is 128 Å². The number of halogens is 1. The minimum Gasteiger partial charge on any atom is -0.373 e. The highest BCUT2D eigenvalue weighted by Gasteiger charge is 2.25. The topological polar surface area (TPSA) is 44.1 Å². The lowest BCUT2D eigenvalue weighted by atomic mass is 10.1. The van der Waals surface area contributed by atoms with Gasteiger partial charge in [0.15, 0.2) is 0 Å². The first-order chi connectivity index (χ1) is 10.7. The van der Waals surface area contributed by atoms with E-state index >= 15 is 0 Å². The number of benzene rings is 1. The van der Waals surface area contributed by atoms with Gasteiger partial charge < -0.3 is 9.30 Å². The Morgan fingerprint density at radius 3 is 2.82 bits per heavy atom. The van der Waals surface area contributed by atoms with Gasteiger partial charge in [-0.3, -0.25) is 4.79 Å². The molecule has 1 aliphatic rings. The van der Waals surface area contributed by atoms with Crippen molar-refractivity contribution in [3.8, 4) is 0 Å². The molecule has 3 rings (SSSR count). The molecule has 0 unspecified atom stereocenters. The monoisotopic (exact) mass is 302 g/mol. The summed E-state index contributed by atoms with van der Waals surface area (Å²) in [6, 6.07) is 9.47. The van der Waals surface area contributed by atoms with Crippen LogP contribution in [0.5, 0.6) is 0 Å². The summed E-state index contributed by atoms with van der Waals surface area (Å²) in [5.41, 5.74) is 0.986. The van der Waals surface area contributed by atoms with Crippen molar-refractivity contribution in [1.29, 1.82) is 0 Å². The van der Waals surface area contributed by atoms with Crippen LogP contribution in [0.15, 0.2) is 36.7 Å². The summed E-state index contributed by atoms with van der Waals surface area (Å²) in [6.45, 7) is 2.40. The largest absolute Gasteiger partial charge is 0.373 e. The van der Waals surface area contributed by atoms with Crippen LogP contribution >= 0.6 is 0 Å². The van der Waals surface area contributed by atoms with Gasteiger partial charge in [0, 0.05) is 0 Å². The molecular formula is C17H19FN2O2. The number of rotatable bonds is 7. The van der Waals surface area contributed by atoms with E-state index in [0.717, 1.165) is 18.4 Å². The first kappa shape index (κ1) is 14.9. The summed E-state index contributed by atoms with van der Waals surface area (Å²) in [5.74, 6) is -0.521. The van der Waals surface area contributed by atoms with E-state index in [-0.39, 0.29) is 24.1 Å². The zero-order valence-electron chi connectivity index (χ0n) is 12.5. The molecule has 0 radical (unpaired) electrons. The Kier molecular flexibility index (Phi) is 4.34. The molecule has 0 amide bonds. The van der Waals surface area contributed by atoms with Crippen LogP contribution in [0.25, 0.3) is 0 Å². The molecule has 1 aliphatic carbocycles. The van der Waals surface area contributed by atoms with Crippen molar-refractivity contribution < 1.29 is 13.9 Å². The molecule has 1 fully saturated rings. The third-order valence-electron chi connectivity index (χ3n) is 4.00. The van der Waals surface area contributed by atoms with Crippen LogP contribution in [-0.2, 0) is 4.74 Å². The number of hydrogen-bond acceptors (Lipinski definition) is 3. The summed E-state index contributed by atoms with van der Waals surface area (Å²) in [6.07, 6.45) is 3.69. The lowest BCUT2D eigenvalue weighted by Crippen LogP contribution is -2.19. The average Bonchev–Trinajstić information content (AvgIpc) is 3.28. The van der Waals surface area contributed by atoms with Crippen molar-refractivity contribution >= 4 is 5.78 Å². The second kappa shape index (κ2) is 6.40. The van der Waals surface area contributed by atoms with Crippen LogP contribution in [0.1, 0.15) is 41.9 Å². The number of Topliss-reactive ketones (excluding diaryl/α,β-unsaturated/α-hetero) is 1. The number of hydrogen-bond donors (Lipinski definition) is 0. The van der Waals surface area contributed by atoms with Gasteiger partial charge in [-0.25, -0.2) is 4.98 Å². The zero-order chi connectivity index (χ0) is 15.5. The summed E-state index contributed by atoms with van der Waals surface area (Å²) in [7, 11) is 0. The quantitative estimate of drug-likeness (QED) is 0.738. The molecule has 116 valence electrons. The molecule has 1 atom stereocenters. The van der Waals surface area contributed by atoms with E-state index in [1.54, 1.807) is 4.57 Å². The summed E-state index contributed by atoms with van der Waals surface area (Å²) < 4.78 is 20.9. The lowest BCUT2D eigenvalue weighted by molar-refractivity contribution is 0.0725. The van der Waals surface area contributed by atoms with E-state index in [1.807, 2.05) is 37.3 Å². The van der Waals surface area contributed by atoms with Gasteiger partial charge in [0.25, 0.3) is 0 Å². The fraction of sp³-hybridized carbons (Fsp3) is 0.412. The van der Waals surface area contributed by atoms with Crippen molar-refractivity contribution in [2.75, 3.05) is 13.2 Å². The molecule has 5 heteroatoms. The van der Waals surface area contributed by atoms with Crippen LogP contribution < -0.4 is 0 Å². The molecule has 0 bridgehead atoms. The second-order valence-corrected chi connectivity index (χ2v) is 5.76. The molecular weight excluding hydrogens is 283 g/mol. The molecule has 1 aromatic carbocycles. The highest BCUT2D eigenvalue weighted by Crippen LogP contribution is 2.29. The molecule has 1 heterocycles. The third kappa shape index (κ3) is 3.25. The summed E-state index contributed by atoms with van der Waals surface area (Å²) in [5, 5.41) is 0. The maximum absolute atomic E-state index is 13.9. The van der Waals surface area contributed by atoms with Crippen molar-refractivity contribution in [1.82, 2.24) is 9.55 Å². The Morgan fingerprint density at radius 2 is 2.14 bits per heavy atom. The molecule has 2 aromatic rings. The minimum atomic E-state index is -0.734. The molecule has 1 aromatic heterocycles. The van der Waals surface area contributed by atoms with Crippen LogP contribution in [0, 0.1) is 11.9 Å². The number of nitrogens with zero attached hydrogens (tertiary/aromatic N) is 2. The second-order valence-electron chi connectivity index (χ2n) is 5.76. The minimum absolute atomic E-state index is 0.00727. The van der Waals surface area contributed by atoms with E-state index in [1.165, 1.54) is 6.33 Å². The molecule has 0 spiro atoms. The number of ketones is 1. The van der Waals surface area contributed by atoms with Crippen molar-refractivity contribution in [3.63, 3.8) is 0 Å². The standard InChI is InChI=1S/C17H19FN2O2/c1-12(14-5-3-2-4-6-14)20-11-19-17(18)16(20)15(21)10-22-9-13-7-8-13/h2-6,11-13H,7-10H2,1H3/t12-/m1/s1. The summed E-state index contributed by atoms with van der Waals surface area (Å²) >= 11 is 0. The highest BCUT2D eigenvalue weighted by atomic mass is 19.1. The lowest BCUT2D eigenvalue weighted by Gasteiger charge is -2.16. The molecule has 0 saturated heterocycles. The van der Waals surface area contributed by atoms with Crippen molar-refractivity contribution in [2.24, 2.45) is 5.92 Å². The molecule has 4 nitrogen and oxygen atoms in total. The van der Waals surface area contributed by atoms with Gasteiger partial charge in [-0.05, 0) is 31.2 Å². The molecule has 0 N–H and O–H groups in total. The Bertz CT molecular complexity index is 650. The van der Waals surface area contributed by atoms with E-state index in [9.17, 15) is 9.18 Å². The highest BCUT2D eigenvalue weighted by molar-refractivity contribution is 5.95. The van der Waals surface area contributed by atoms with Crippen molar-refractivity contribution in [3.05, 3.63) is 53.9 Å². The van der Waals surface area contributed by atoms with Gasteiger partial charge in [-0.15, -0.1) is 0 Å². The van der Waals surface area contributed by atoms with Gasteiger partial charge in [0.2, 0.25) is 11.7 Å². The van der Waals surface area contributed by atoms with Crippen LogP contribution in [0.3, 0.4) is 0 Å². The first-order valence-electron chi connectivity index (χ1n) is 7.55. The van der Waals surface area contributed by atoms with Crippen LogP contribution in [0.4, 0.5) is 4.39 Å². The van der Waals surface area contributed by atoms with E-state index < -0.39 is 5.95 Å². The van der Waals surface area contributed by atoms with Gasteiger partial charge in [-0.1, -0.05) is 30.3 Å². The zero-order valence-corrected chi connectivity index (χ0v) is 12.5. The first-order valence-corrected chi connectivity index (χ1v) is 7.55. The van der Waals surface area contributed by atoms with Gasteiger partial charge >= 0.3 is 0 Å². The average molecular weight is 302 g/mol. The normalized spacial score (nSPS) is 15.7. The molecule has 22 heavy (non-hydrogen) atoms. The Balaban J connectivity index is 1.76. The molecule has 0 aliphatic heterocycles. The van der Waals surface area contributed by atoms with Gasteiger partial charge in [0.05, 0.1) is 19.0 Å². The maximum atomic E-state index is 13.9. The van der Waals surface area contributed by atoms with Gasteiger partial charge in [-0.2, -0.15) is 4.39 Å². The molecule has 1 saturated carbocycles. The predicted molar refractivity (Wildman–Crippen MR) is 80.3 cm³/mol. The van der Waals surface area contributed by atoms with E-state index in [4.69, 9.17) is 4.74 Å². The maximum Gasteiger partial charge on any atom is 0.242 e. The van der Waals surface area contributed by atoms with E-state index in [0.29, 0.717) is 12.5 Å². The third-order valence-corrected chi connectivity index (χ3v) is 4.00. The van der Waals surface area contributed by atoms with Crippen LogP contribution in [-0.4, -0.2) is 28.5 Å². The number of ether oxygens (including phenoxy) is 1. The fourth-order valence-electron chi connectivity index (χ4n) is 2.45. The smallest absolute Gasteiger partial charge is 0.242 e. The van der Waals surface area contributed by atoms with Gasteiger partial charge in [0.1, 0.15) is 12.3 Å².